The van der Waals surface area contributed by atoms with Crippen LogP contribution in [0.25, 0.3) is 0 Å². The van der Waals surface area contributed by atoms with Crippen LogP contribution in [0.2, 0.25) is 0 Å². The Bertz CT molecular complexity index is 718. The first-order chi connectivity index (χ1) is 11.8. The fourth-order valence-electron chi connectivity index (χ4n) is 1.94. The molecule has 0 saturated heterocycles. The first kappa shape index (κ1) is 18.8. The molecule has 0 aliphatic heterocycles. The summed E-state index contributed by atoms with van der Waals surface area (Å²) >= 11 is 1.39. The van der Waals surface area contributed by atoms with Gasteiger partial charge in [-0.05, 0) is 17.5 Å². The Labute approximate surface area is 145 Å². The highest BCUT2D eigenvalue weighted by molar-refractivity contribution is 7.08. The Balaban J connectivity index is 1.77. The van der Waals surface area contributed by atoms with E-state index in [0.717, 1.165) is 0 Å². The van der Waals surface area contributed by atoms with E-state index in [-0.39, 0.29) is 36.7 Å². The van der Waals surface area contributed by atoms with E-state index >= 15 is 0 Å². The minimum Gasteiger partial charge on any atom is -0.405 e. The zero-order valence-electron chi connectivity index (χ0n) is 12.9. The van der Waals surface area contributed by atoms with Crippen LogP contribution in [-0.4, -0.2) is 24.7 Å². The van der Waals surface area contributed by atoms with Crippen LogP contribution < -0.4 is 15.4 Å². The van der Waals surface area contributed by atoms with Crippen molar-refractivity contribution in [3.8, 4) is 5.75 Å². The number of hydrogen-bond acceptors (Lipinski definition) is 4. The molecule has 5 nitrogen and oxygen atoms in total. The third-order valence-corrected chi connectivity index (χ3v) is 3.78. The summed E-state index contributed by atoms with van der Waals surface area (Å²) in [6.45, 7) is 0.0186. The second kappa shape index (κ2) is 8.52. The number of thiophene rings is 1. The molecule has 2 rings (SSSR count). The molecule has 0 radical (unpaired) electrons. The fourth-order valence-corrected chi connectivity index (χ4v) is 2.58. The lowest BCUT2D eigenvalue weighted by Crippen LogP contribution is -2.30. The molecule has 0 saturated carbocycles. The van der Waals surface area contributed by atoms with Gasteiger partial charge in [0.2, 0.25) is 5.91 Å². The number of alkyl halides is 3. The lowest BCUT2D eigenvalue weighted by Gasteiger charge is -2.13. The van der Waals surface area contributed by atoms with Gasteiger partial charge in [0.15, 0.2) is 0 Å². The number of carbonyl (C=O) groups excluding carboxylic acids is 2. The Hall–Kier alpha value is -2.55. The molecule has 1 aromatic carbocycles. The van der Waals surface area contributed by atoms with E-state index < -0.39 is 12.3 Å². The third kappa shape index (κ3) is 6.46. The van der Waals surface area contributed by atoms with Crippen molar-refractivity contribution in [3.05, 3.63) is 52.2 Å². The highest BCUT2D eigenvalue weighted by Crippen LogP contribution is 2.26. The van der Waals surface area contributed by atoms with E-state index in [4.69, 9.17) is 0 Å². The molecule has 0 aliphatic carbocycles. The highest BCUT2D eigenvalue weighted by Gasteiger charge is 2.31. The number of nitrogens with one attached hydrogen (secondary N) is 2. The smallest absolute Gasteiger partial charge is 0.405 e. The van der Waals surface area contributed by atoms with E-state index in [9.17, 15) is 22.8 Å². The van der Waals surface area contributed by atoms with E-state index in [0.29, 0.717) is 5.56 Å². The predicted octanol–water partition coefficient (Wildman–Crippen LogP) is 3.08. The summed E-state index contributed by atoms with van der Waals surface area (Å²) in [4.78, 5) is 23.4. The monoisotopic (exact) mass is 372 g/mol. The maximum Gasteiger partial charge on any atom is 0.573 e. The summed E-state index contributed by atoms with van der Waals surface area (Å²) in [6, 6.07) is 7.23. The van der Waals surface area contributed by atoms with Crippen LogP contribution in [0.5, 0.6) is 5.75 Å². The summed E-state index contributed by atoms with van der Waals surface area (Å²) in [5, 5.41) is 8.54. The topological polar surface area (TPSA) is 67.4 Å². The summed E-state index contributed by atoms with van der Waals surface area (Å²) < 4.78 is 40.9. The summed E-state index contributed by atoms with van der Waals surface area (Å²) in [6.07, 6.45) is -4.79. The van der Waals surface area contributed by atoms with Crippen molar-refractivity contribution in [3.63, 3.8) is 0 Å². The molecule has 9 heteroatoms. The maximum atomic E-state index is 12.3. The number of halogens is 3. The van der Waals surface area contributed by atoms with Crippen molar-refractivity contribution >= 4 is 23.2 Å². The van der Waals surface area contributed by atoms with Gasteiger partial charge in [-0.1, -0.05) is 18.2 Å². The normalized spacial score (nSPS) is 11.0. The van der Waals surface area contributed by atoms with Crippen LogP contribution in [-0.2, 0) is 11.3 Å². The van der Waals surface area contributed by atoms with E-state index in [1.165, 1.54) is 29.5 Å². The maximum absolute atomic E-state index is 12.3. The quantitative estimate of drug-likeness (QED) is 0.785. The Kier molecular flexibility index (Phi) is 6.40. The average molecular weight is 372 g/mol. The van der Waals surface area contributed by atoms with Crippen molar-refractivity contribution in [1.29, 1.82) is 0 Å². The van der Waals surface area contributed by atoms with Crippen LogP contribution in [0.4, 0.5) is 13.2 Å². The molecule has 1 heterocycles. The van der Waals surface area contributed by atoms with Crippen molar-refractivity contribution in [2.24, 2.45) is 0 Å². The molecule has 0 atom stereocenters. The number of amides is 2. The SMILES string of the molecule is O=C(CCNC(=O)c1ccsc1)NCc1ccccc1OC(F)(F)F. The molecule has 0 aliphatic rings. The molecule has 0 unspecified atom stereocenters. The summed E-state index contributed by atoms with van der Waals surface area (Å²) in [7, 11) is 0. The number of ether oxygens (including phenoxy) is 1. The predicted molar refractivity (Wildman–Crippen MR) is 86.2 cm³/mol. The van der Waals surface area contributed by atoms with Crippen molar-refractivity contribution in [2.75, 3.05) is 6.54 Å². The van der Waals surface area contributed by atoms with E-state index in [1.54, 1.807) is 22.9 Å². The molecule has 0 spiro atoms. The lowest BCUT2D eigenvalue weighted by molar-refractivity contribution is -0.274. The molecule has 0 bridgehead atoms. The molecule has 1 aromatic heterocycles. The average Bonchev–Trinajstić information content (AvgIpc) is 3.07. The van der Waals surface area contributed by atoms with Gasteiger partial charge in [0.1, 0.15) is 5.75 Å². The highest BCUT2D eigenvalue weighted by atomic mass is 32.1. The Morgan fingerprint density at radius 1 is 1.12 bits per heavy atom. The van der Waals surface area contributed by atoms with Gasteiger partial charge in [0, 0.05) is 36.0 Å². The standard InChI is InChI=1S/C16H15F3N2O3S/c17-16(18,19)24-13-4-2-1-3-11(13)9-21-14(22)5-7-20-15(23)12-6-8-25-10-12/h1-4,6,8,10H,5,7,9H2,(H,20,23)(H,21,22). The first-order valence-electron chi connectivity index (χ1n) is 7.26. The van der Waals surface area contributed by atoms with Gasteiger partial charge in [0.25, 0.3) is 5.91 Å². The fraction of sp³-hybridized carbons (Fsp3) is 0.250. The largest absolute Gasteiger partial charge is 0.573 e. The second-order valence-electron chi connectivity index (χ2n) is 4.95. The van der Waals surface area contributed by atoms with Gasteiger partial charge in [-0.2, -0.15) is 11.3 Å². The van der Waals surface area contributed by atoms with Gasteiger partial charge >= 0.3 is 6.36 Å². The van der Waals surface area contributed by atoms with Crippen LogP contribution in [0.3, 0.4) is 0 Å². The Morgan fingerprint density at radius 3 is 2.56 bits per heavy atom. The zero-order chi connectivity index (χ0) is 18.3. The van der Waals surface area contributed by atoms with Crippen LogP contribution >= 0.6 is 11.3 Å². The minimum atomic E-state index is -4.80. The van der Waals surface area contributed by atoms with Crippen LogP contribution in [0.15, 0.2) is 41.1 Å². The van der Waals surface area contributed by atoms with E-state index in [2.05, 4.69) is 15.4 Å². The minimum absolute atomic E-state index is 0.0121. The van der Waals surface area contributed by atoms with Crippen molar-refractivity contribution in [1.82, 2.24) is 10.6 Å². The third-order valence-electron chi connectivity index (χ3n) is 3.10. The van der Waals surface area contributed by atoms with Crippen LogP contribution in [0.1, 0.15) is 22.3 Å². The van der Waals surface area contributed by atoms with Crippen LogP contribution in [0, 0.1) is 0 Å². The molecule has 2 amide bonds. The molecular weight excluding hydrogens is 357 g/mol. The van der Waals surface area contributed by atoms with Crippen molar-refractivity contribution < 1.29 is 27.5 Å². The Morgan fingerprint density at radius 2 is 1.88 bits per heavy atom. The molecule has 2 aromatic rings. The van der Waals surface area contributed by atoms with Crippen molar-refractivity contribution in [2.45, 2.75) is 19.3 Å². The number of rotatable bonds is 7. The number of benzene rings is 1. The zero-order valence-corrected chi connectivity index (χ0v) is 13.7. The van der Waals surface area contributed by atoms with Gasteiger partial charge in [-0.3, -0.25) is 9.59 Å². The lowest BCUT2D eigenvalue weighted by atomic mass is 10.2. The van der Waals surface area contributed by atoms with Gasteiger partial charge < -0.3 is 15.4 Å². The number of hydrogen-bond donors (Lipinski definition) is 2. The number of carbonyl (C=O) groups is 2. The molecule has 134 valence electrons. The molecule has 2 N–H and O–H groups in total. The summed E-state index contributed by atoms with van der Waals surface area (Å²) in [5.41, 5.74) is 0.721. The second-order valence-corrected chi connectivity index (χ2v) is 5.73. The number of para-hydroxylation sites is 1. The molecule has 0 fully saturated rings. The molecule has 25 heavy (non-hydrogen) atoms. The first-order valence-corrected chi connectivity index (χ1v) is 8.20. The van der Waals surface area contributed by atoms with Gasteiger partial charge in [-0.25, -0.2) is 0 Å². The van der Waals surface area contributed by atoms with Gasteiger partial charge in [0.05, 0.1) is 0 Å². The van der Waals surface area contributed by atoms with E-state index in [1.807, 2.05) is 0 Å². The van der Waals surface area contributed by atoms with Gasteiger partial charge in [-0.15, -0.1) is 13.2 Å². The molecular formula is C16H15F3N2O3S. The summed E-state index contributed by atoms with van der Waals surface area (Å²) in [5.74, 6) is -1.04.